The number of unbranched alkanes of at least 4 members (excludes halogenated alkanes) is 21. The van der Waals surface area contributed by atoms with E-state index in [1.807, 2.05) is 0 Å². The van der Waals surface area contributed by atoms with Crippen LogP contribution in [0, 0.1) is 0 Å². The predicted octanol–water partition coefficient (Wildman–Crippen LogP) is 5.82. The van der Waals surface area contributed by atoms with E-state index in [1.54, 1.807) is 0 Å². The Morgan fingerprint density at radius 1 is 0.500 bits per heavy atom. The topological polar surface area (TPSA) is 231 Å². The van der Waals surface area contributed by atoms with E-state index in [4.69, 9.17) is 28.4 Å². The van der Waals surface area contributed by atoms with Gasteiger partial charge in [0.05, 0.1) is 19.8 Å². The third kappa shape index (κ3) is 24.0. The van der Waals surface area contributed by atoms with Gasteiger partial charge >= 0.3 is 11.9 Å². The van der Waals surface area contributed by atoms with Crippen LogP contribution in [-0.2, 0) is 38.0 Å². The fourth-order valence-electron chi connectivity index (χ4n) is 7.68. The van der Waals surface area contributed by atoms with Gasteiger partial charge in [0.1, 0.15) is 55.4 Å². The highest BCUT2D eigenvalue weighted by atomic mass is 16.7. The molecule has 7 N–H and O–H groups in total. The molecule has 0 spiro atoms. The summed E-state index contributed by atoms with van der Waals surface area (Å²) in [6.45, 7) is 2.57. The smallest absolute Gasteiger partial charge is 0.306 e. The maximum atomic E-state index is 12.9. The molecule has 0 saturated carbocycles. The molecule has 0 radical (unpaired) electrons. The summed E-state index contributed by atoms with van der Waals surface area (Å²) in [4.78, 5) is 25.6. The SMILES string of the molecule is CCCCCCC/C=C/CCCCCCCC(=O)OC[C@H](CO[C@@H]1O[C@H](CO[C@@H]2O[C@H](CO)[C@H](O)C(O)C2O)[C@H](O)C(O)C1O)OC(=O)CCCCCCCCCCCCCC. The quantitative estimate of drug-likeness (QED) is 0.0221. The van der Waals surface area contributed by atoms with Crippen LogP contribution in [0.4, 0.5) is 0 Å². The van der Waals surface area contributed by atoms with E-state index < -0.39 is 92.7 Å². The lowest BCUT2D eigenvalue weighted by molar-refractivity contribution is -0.332. The van der Waals surface area contributed by atoms with Crippen molar-refractivity contribution in [2.24, 2.45) is 0 Å². The maximum Gasteiger partial charge on any atom is 0.306 e. The van der Waals surface area contributed by atoms with Crippen molar-refractivity contribution in [3.8, 4) is 0 Å². The van der Waals surface area contributed by atoms with Crippen LogP contribution in [0.1, 0.15) is 181 Å². The van der Waals surface area contributed by atoms with E-state index in [-0.39, 0.29) is 26.1 Å². The lowest BCUT2D eigenvalue weighted by Crippen LogP contribution is -2.61. The Labute approximate surface area is 371 Å². The van der Waals surface area contributed by atoms with Gasteiger partial charge in [-0.15, -0.1) is 0 Å². The average molecular weight is 891 g/mol. The molecule has 15 heteroatoms. The van der Waals surface area contributed by atoms with Crippen molar-refractivity contribution in [2.45, 2.75) is 248 Å². The predicted molar refractivity (Wildman–Crippen MR) is 234 cm³/mol. The van der Waals surface area contributed by atoms with E-state index in [0.717, 1.165) is 57.8 Å². The van der Waals surface area contributed by atoms with Gasteiger partial charge in [0, 0.05) is 12.8 Å². The van der Waals surface area contributed by atoms with Gasteiger partial charge in [0.2, 0.25) is 0 Å². The average Bonchev–Trinajstić information content (AvgIpc) is 3.26. The van der Waals surface area contributed by atoms with Crippen molar-refractivity contribution in [1.29, 1.82) is 0 Å². The number of carbonyl (C=O) groups is 2. The van der Waals surface area contributed by atoms with Crippen molar-refractivity contribution in [3.05, 3.63) is 12.2 Å². The minimum Gasteiger partial charge on any atom is -0.462 e. The molecule has 2 aliphatic rings. The summed E-state index contributed by atoms with van der Waals surface area (Å²) < 4.78 is 33.5. The molecular formula is C47H86O15. The number of esters is 2. The zero-order chi connectivity index (χ0) is 45.4. The van der Waals surface area contributed by atoms with Crippen LogP contribution < -0.4 is 0 Å². The van der Waals surface area contributed by atoms with E-state index in [1.165, 1.54) is 83.5 Å². The number of aliphatic hydroxyl groups excluding tert-OH is 7. The van der Waals surface area contributed by atoms with Crippen molar-refractivity contribution in [2.75, 3.05) is 26.4 Å². The second-order valence-corrected chi connectivity index (χ2v) is 17.3. The fourth-order valence-corrected chi connectivity index (χ4v) is 7.68. The summed E-state index contributed by atoms with van der Waals surface area (Å²) >= 11 is 0. The van der Waals surface area contributed by atoms with Gasteiger partial charge in [-0.3, -0.25) is 9.59 Å². The van der Waals surface area contributed by atoms with Crippen LogP contribution in [0.15, 0.2) is 12.2 Å². The van der Waals surface area contributed by atoms with Gasteiger partial charge in [-0.2, -0.15) is 0 Å². The first-order chi connectivity index (χ1) is 30.0. The molecule has 0 amide bonds. The molecule has 364 valence electrons. The molecule has 0 aliphatic carbocycles. The molecule has 0 aromatic heterocycles. The van der Waals surface area contributed by atoms with Gasteiger partial charge in [0.15, 0.2) is 18.7 Å². The standard InChI is InChI=1S/C47H86O15/c1-3-5-7-9-11-13-15-17-18-20-21-23-25-27-29-38(49)57-32-35(60-39(50)30-28-26-24-22-19-16-14-12-10-8-6-4-2)33-58-46-45(56)43(54)41(52)37(62-46)34-59-47-44(55)42(53)40(51)36(31-48)61-47/h15,17,35-37,40-48,51-56H,3-14,16,18-34H2,1-2H3/b17-15+/t35-,36-,37-,40+,41+,42?,43?,44?,45?,46-,47-/m1/s1. The van der Waals surface area contributed by atoms with Crippen LogP contribution in [0.5, 0.6) is 0 Å². The summed E-state index contributed by atoms with van der Waals surface area (Å²) in [5.74, 6) is -0.929. The largest absolute Gasteiger partial charge is 0.462 e. The number of allylic oxidation sites excluding steroid dienone is 2. The lowest BCUT2D eigenvalue weighted by Gasteiger charge is -2.42. The Hall–Kier alpha value is -1.76. The van der Waals surface area contributed by atoms with Crippen molar-refractivity contribution in [1.82, 2.24) is 0 Å². The molecule has 0 bridgehead atoms. The Morgan fingerprint density at radius 3 is 1.42 bits per heavy atom. The minimum atomic E-state index is -1.76. The molecule has 4 unspecified atom stereocenters. The summed E-state index contributed by atoms with van der Waals surface area (Å²) in [6.07, 6.45) is 15.3. The van der Waals surface area contributed by atoms with Gasteiger partial charge in [0.25, 0.3) is 0 Å². The first-order valence-corrected chi connectivity index (χ1v) is 24.3. The number of carbonyl (C=O) groups excluding carboxylic acids is 2. The highest BCUT2D eigenvalue weighted by Gasteiger charge is 2.47. The summed E-state index contributed by atoms with van der Waals surface area (Å²) in [7, 11) is 0. The van der Waals surface area contributed by atoms with Crippen molar-refractivity contribution < 1.29 is 73.8 Å². The fraction of sp³-hybridized carbons (Fsp3) is 0.915. The first-order valence-electron chi connectivity index (χ1n) is 24.3. The molecule has 2 aliphatic heterocycles. The third-order valence-corrected chi connectivity index (χ3v) is 11.7. The molecule has 15 nitrogen and oxygen atoms in total. The highest BCUT2D eigenvalue weighted by Crippen LogP contribution is 2.26. The van der Waals surface area contributed by atoms with Crippen molar-refractivity contribution in [3.63, 3.8) is 0 Å². The summed E-state index contributed by atoms with van der Waals surface area (Å²) in [6, 6.07) is 0. The van der Waals surface area contributed by atoms with Gasteiger partial charge in [-0.25, -0.2) is 0 Å². The number of ether oxygens (including phenoxy) is 6. The van der Waals surface area contributed by atoms with E-state index in [0.29, 0.717) is 12.8 Å². The second kappa shape index (κ2) is 35.5. The molecule has 11 atom stereocenters. The molecule has 62 heavy (non-hydrogen) atoms. The normalized spacial score (nSPS) is 27.1. The number of rotatable bonds is 37. The molecular weight excluding hydrogens is 805 g/mol. The monoisotopic (exact) mass is 891 g/mol. The van der Waals surface area contributed by atoms with Gasteiger partial charge < -0.3 is 64.2 Å². The van der Waals surface area contributed by atoms with Gasteiger partial charge in [-0.1, -0.05) is 142 Å². The number of hydrogen-bond donors (Lipinski definition) is 7. The van der Waals surface area contributed by atoms with Crippen molar-refractivity contribution >= 4 is 11.9 Å². The van der Waals surface area contributed by atoms with E-state index in [2.05, 4.69) is 26.0 Å². The van der Waals surface area contributed by atoms with E-state index >= 15 is 0 Å². The second-order valence-electron chi connectivity index (χ2n) is 17.3. The molecule has 2 fully saturated rings. The Morgan fingerprint density at radius 2 is 0.919 bits per heavy atom. The van der Waals surface area contributed by atoms with Crippen LogP contribution in [0.3, 0.4) is 0 Å². The molecule has 0 aromatic rings. The van der Waals surface area contributed by atoms with Gasteiger partial charge in [-0.05, 0) is 38.5 Å². The minimum absolute atomic E-state index is 0.168. The molecule has 2 heterocycles. The third-order valence-electron chi connectivity index (χ3n) is 11.7. The first kappa shape index (κ1) is 56.4. The Kier molecular flexibility index (Phi) is 32.3. The Bertz CT molecular complexity index is 1140. The molecule has 0 aromatic carbocycles. The van der Waals surface area contributed by atoms with Crippen LogP contribution in [0.25, 0.3) is 0 Å². The molecule has 2 rings (SSSR count). The van der Waals surface area contributed by atoms with Crippen LogP contribution >= 0.6 is 0 Å². The van der Waals surface area contributed by atoms with Crippen LogP contribution in [0.2, 0.25) is 0 Å². The van der Waals surface area contributed by atoms with Crippen LogP contribution in [-0.4, -0.2) is 142 Å². The number of aliphatic hydroxyl groups is 7. The summed E-state index contributed by atoms with van der Waals surface area (Å²) in [5, 5.41) is 71.9. The molecule has 2 saturated heterocycles. The number of hydrogen-bond acceptors (Lipinski definition) is 15. The Balaban J connectivity index is 1.84. The highest BCUT2D eigenvalue weighted by molar-refractivity contribution is 5.70. The van der Waals surface area contributed by atoms with E-state index in [9.17, 15) is 45.3 Å². The zero-order valence-corrected chi connectivity index (χ0v) is 38.1. The lowest BCUT2D eigenvalue weighted by atomic mass is 9.98. The summed E-state index contributed by atoms with van der Waals surface area (Å²) in [5.41, 5.74) is 0. The zero-order valence-electron chi connectivity index (χ0n) is 38.1. The maximum absolute atomic E-state index is 12.9.